The lowest BCUT2D eigenvalue weighted by Gasteiger charge is -2.22. The number of aromatic nitrogens is 1. The summed E-state index contributed by atoms with van der Waals surface area (Å²) in [6.07, 6.45) is 11.0. The Morgan fingerprint density at radius 2 is 1.74 bits per heavy atom. The summed E-state index contributed by atoms with van der Waals surface area (Å²) in [4.78, 5) is 33.0. The molecule has 5 rings (SSSR count). The highest BCUT2D eigenvalue weighted by atomic mass is 16.2. The molecule has 0 saturated heterocycles. The van der Waals surface area contributed by atoms with Crippen LogP contribution in [0.1, 0.15) is 64.4 Å². The predicted octanol–water partition coefficient (Wildman–Crippen LogP) is 6.28. The third-order valence-electron chi connectivity index (χ3n) is 7.78. The number of nitrogens with two attached hydrogens (primary N) is 1. The molecule has 2 N–H and O–H groups in total. The number of nitrogens with zero attached hydrogens (tertiary/aromatic N) is 3. The minimum absolute atomic E-state index is 0.0388. The summed E-state index contributed by atoms with van der Waals surface area (Å²) < 4.78 is 1.88. The van der Waals surface area contributed by atoms with Gasteiger partial charge >= 0.3 is 0 Å². The van der Waals surface area contributed by atoms with Crippen LogP contribution < -0.4 is 11.3 Å². The van der Waals surface area contributed by atoms with Gasteiger partial charge in [0.2, 0.25) is 5.91 Å². The van der Waals surface area contributed by atoms with E-state index in [4.69, 9.17) is 5.73 Å². The third-order valence-corrected chi connectivity index (χ3v) is 7.78. The summed E-state index contributed by atoms with van der Waals surface area (Å²) in [6.45, 7) is 6.46. The van der Waals surface area contributed by atoms with Crippen molar-refractivity contribution >= 4 is 34.3 Å². The SMILES string of the molecule is CCCN(CCC)C(=O)C1=Cc2ccc(-c3ccc4c(=O)n(CC5CCCC5)ccc4c3)cc2N=C(N)C1. The highest BCUT2D eigenvalue weighted by Gasteiger charge is 2.21. The first-order chi connectivity index (χ1) is 18.5. The van der Waals surface area contributed by atoms with Crippen molar-refractivity contribution in [3.63, 3.8) is 0 Å². The molecule has 0 unspecified atom stereocenters. The van der Waals surface area contributed by atoms with E-state index in [1.54, 1.807) is 0 Å². The Kier molecular flexibility index (Phi) is 7.77. The summed E-state index contributed by atoms with van der Waals surface area (Å²) in [5.74, 6) is 1.09. The maximum absolute atomic E-state index is 13.3. The van der Waals surface area contributed by atoms with E-state index in [0.29, 0.717) is 23.7 Å². The van der Waals surface area contributed by atoms with Crippen molar-refractivity contribution in [1.82, 2.24) is 9.47 Å². The second kappa shape index (κ2) is 11.4. The van der Waals surface area contributed by atoms with E-state index in [2.05, 4.69) is 24.9 Å². The van der Waals surface area contributed by atoms with Crippen LogP contribution in [0.4, 0.5) is 5.69 Å². The minimum Gasteiger partial charge on any atom is -0.387 e. The number of aliphatic imine (C=N–C) groups is 1. The van der Waals surface area contributed by atoms with Gasteiger partial charge in [-0.1, -0.05) is 44.9 Å². The van der Waals surface area contributed by atoms with Crippen LogP contribution in [0.25, 0.3) is 28.0 Å². The molecule has 2 aliphatic rings. The molecule has 0 atom stereocenters. The first kappa shape index (κ1) is 26.0. The number of hydrogen-bond donors (Lipinski definition) is 1. The fraction of sp³-hybridized carbons (Fsp3) is 0.406. The first-order valence-corrected chi connectivity index (χ1v) is 14.1. The maximum Gasteiger partial charge on any atom is 0.258 e. The van der Waals surface area contributed by atoms with Crippen LogP contribution in [0.5, 0.6) is 0 Å². The summed E-state index contributed by atoms with van der Waals surface area (Å²) in [5.41, 5.74) is 10.7. The number of fused-ring (bicyclic) bond motifs is 2. The number of carbonyl (C=O) groups is 1. The Labute approximate surface area is 224 Å². The van der Waals surface area contributed by atoms with E-state index < -0.39 is 0 Å². The van der Waals surface area contributed by atoms with E-state index in [9.17, 15) is 9.59 Å². The molecule has 6 heteroatoms. The lowest BCUT2D eigenvalue weighted by molar-refractivity contribution is -0.127. The molecule has 198 valence electrons. The zero-order valence-electron chi connectivity index (χ0n) is 22.6. The number of carbonyl (C=O) groups excluding carboxylic acids is 1. The molecule has 1 aliphatic carbocycles. The first-order valence-electron chi connectivity index (χ1n) is 14.1. The van der Waals surface area contributed by atoms with Crippen LogP contribution in [0.15, 0.2) is 64.0 Å². The van der Waals surface area contributed by atoms with Crippen LogP contribution in [0.2, 0.25) is 0 Å². The van der Waals surface area contributed by atoms with Gasteiger partial charge in [0.15, 0.2) is 0 Å². The van der Waals surface area contributed by atoms with Crippen LogP contribution >= 0.6 is 0 Å². The van der Waals surface area contributed by atoms with Gasteiger partial charge < -0.3 is 15.2 Å². The van der Waals surface area contributed by atoms with Crippen LogP contribution in [-0.4, -0.2) is 34.3 Å². The van der Waals surface area contributed by atoms with Crippen molar-refractivity contribution in [2.45, 2.75) is 65.3 Å². The Balaban J connectivity index is 1.44. The standard InChI is InChI=1S/C32H38N4O2/c1-3-14-35(15-4-2)31(37)27-18-26-10-9-24(19-29(26)34-30(33)20-27)23-11-12-28-25(17-23)13-16-36(32(28)38)21-22-7-5-6-8-22/h9-13,16-19,22H,3-8,14-15,20-21H2,1-2H3,(H2,33,34). The molecule has 0 bridgehead atoms. The molecule has 1 amide bonds. The van der Waals surface area contributed by atoms with Gasteiger partial charge in [0.1, 0.15) is 5.84 Å². The number of amidine groups is 1. The largest absolute Gasteiger partial charge is 0.387 e. The molecule has 2 heterocycles. The fourth-order valence-electron chi connectivity index (χ4n) is 5.85. The average molecular weight is 511 g/mol. The highest BCUT2D eigenvalue weighted by molar-refractivity contribution is 6.05. The topological polar surface area (TPSA) is 80.7 Å². The molecule has 0 spiro atoms. The van der Waals surface area contributed by atoms with Gasteiger partial charge in [-0.15, -0.1) is 0 Å². The number of rotatable bonds is 8. The van der Waals surface area contributed by atoms with E-state index in [0.717, 1.165) is 65.6 Å². The van der Waals surface area contributed by atoms with E-state index in [1.165, 1.54) is 25.7 Å². The molecule has 1 saturated carbocycles. The smallest absolute Gasteiger partial charge is 0.258 e. The lowest BCUT2D eigenvalue weighted by Crippen LogP contribution is -2.34. The van der Waals surface area contributed by atoms with Crippen molar-refractivity contribution in [1.29, 1.82) is 0 Å². The zero-order chi connectivity index (χ0) is 26.6. The van der Waals surface area contributed by atoms with Crippen LogP contribution in [-0.2, 0) is 11.3 Å². The van der Waals surface area contributed by atoms with Crippen molar-refractivity contribution in [3.8, 4) is 11.1 Å². The van der Waals surface area contributed by atoms with Gasteiger partial charge in [0.25, 0.3) is 5.56 Å². The molecule has 38 heavy (non-hydrogen) atoms. The van der Waals surface area contributed by atoms with Gasteiger partial charge in [-0.2, -0.15) is 0 Å². The lowest BCUT2D eigenvalue weighted by atomic mass is 9.99. The van der Waals surface area contributed by atoms with Gasteiger partial charge in [0, 0.05) is 48.8 Å². The molecule has 0 radical (unpaired) electrons. The zero-order valence-corrected chi connectivity index (χ0v) is 22.6. The quantitative estimate of drug-likeness (QED) is 0.387. The van der Waals surface area contributed by atoms with Gasteiger partial charge in [-0.3, -0.25) is 9.59 Å². The van der Waals surface area contributed by atoms with Gasteiger partial charge in [-0.25, -0.2) is 4.99 Å². The van der Waals surface area contributed by atoms with Gasteiger partial charge in [-0.05, 0) is 78.5 Å². The normalized spacial score (nSPS) is 15.6. The Hall–Kier alpha value is -3.67. The molecule has 3 aromatic rings. The average Bonchev–Trinajstić information content (AvgIpc) is 3.37. The minimum atomic E-state index is 0.0388. The second-order valence-electron chi connectivity index (χ2n) is 10.7. The monoisotopic (exact) mass is 510 g/mol. The molecule has 1 aliphatic heterocycles. The molecular weight excluding hydrogens is 472 g/mol. The van der Waals surface area contributed by atoms with Crippen LogP contribution in [0.3, 0.4) is 0 Å². The number of benzene rings is 2. The second-order valence-corrected chi connectivity index (χ2v) is 10.7. The molecule has 1 fully saturated rings. The van der Waals surface area contributed by atoms with Gasteiger partial charge in [0.05, 0.1) is 5.69 Å². The summed E-state index contributed by atoms with van der Waals surface area (Å²) >= 11 is 0. The highest BCUT2D eigenvalue weighted by Crippen LogP contribution is 2.33. The van der Waals surface area contributed by atoms with E-state index in [1.807, 2.05) is 58.1 Å². The van der Waals surface area contributed by atoms with Crippen molar-refractivity contribution in [2.75, 3.05) is 13.1 Å². The summed E-state index contributed by atoms with van der Waals surface area (Å²) in [5, 5.41) is 1.69. The van der Waals surface area contributed by atoms with E-state index >= 15 is 0 Å². The van der Waals surface area contributed by atoms with Crippen LogP contribution in [0, 0.1) is 5.92 Å². The van der Waals surface area contributed by atoms with E-state index in [-0.39, 0.29) is 11.5 Å². The van der Waals surface area contributed by atoms with Crippen molar-refractivity contribution < 1.29 is 4.79 Å². The van der Waals surface area contributed by atoms with Crippen molar-refractivity contribution in [3.05, 3.63) is 70.2 Å². The predicted molar refractivity (Wildman–Crippen MR) is 157 cm³/mol. The summed E-state index contributed by atoms with van der Waals surface area (Å²) in [6, 6.07) is 14.1. The molecule has 2 aromatic carbocycles. The molecule has 1 aromatic heterocycles. The molecule has 6 nitrogen and oxygen atoms in total. The Morgan fingerprint density at radius 3 is 2.47 bits per heavy atom. The molecular formula is C32H38N4O2. The Bertz CT molecular complexity index is 1450. The number of hydrogen-bond acceptors (Lipinski definition) is 4. The third kappa shape index (κ3) is 5.45. The number of pyridine rings is 1. The number of amides is 1. The summed E-state index contributed by atoms with van der Waals surface area (Å²) in [7, 11) is 0. The Morgan fingerprint density at radius 1 is 1.03 bits per heavy atom. The fourth-order valence-corrected chi connectivity index (χ4v) is 5.85. The van der Waals surface area contributed by atoms with Crippen molar-refractivity contribution in [2.24, 2.45) is 16.6 Å². The maximum atomic E-state index is 13.3.